The second-order valence-corrected chi connectivity index (χ2v) is 8.70. The summed E-state index contributed by atoms with van der Waals surface area (Å²) >= 11 is 1.15. The molecule has 4 rings (SSSR count). The van der Waals surface area contributed by atoms with Crippen molar-refractivity contribution in [2.24, 2.45) is 0 Å². The summed E-state index contributed by atoms with van der Waals surface area (Å²) in [7, 11) is -2.69. The first-order valence-corrected chi connectivity index (χ1v) is 9.97. The summed E-state index contributed by atoms with van der Waals surface area (Å²) in [5.41, 5.74) is 0.207. The minimum atomic E-state index is -3.96. The number of benzene rings is 2. The number of nitrogens with zero attached hydrogens (tertiary/aromatic N) is 1. The highest BCUT2D eigenvalue weighted by Gasteiger charge is 2.40. The number of aliphatic hydroxyl groups is 1. The summed E-state index contributed by atoms with van der Waals surface area (Å²) in [4.78, 5) is 12.9. The van der Waals surface area contributed by atoms with Crippen LogP contribution < -0.4 is 5.32 Å². The lowest BCUT2D eigenvalue weighted by atomic mass is 10.2. The van der Waals surface area contributed by atoms with Gasteiger partial charge in [-0.2, -0.15) is 0 Å². The zero-order valence-corrected chi connectivity index (χ0v) is 15.3. The number of anilines is 1. The highest BCUT2D eigenvalue weighted by molar-refractivity contribution is 7.89. The molecule has 0 aliphatic carbocycles. The number of likely N-dealkylation sites (N-methyl/N-ethyl adjacent to an activating group) is 1. The van der Waals surface area contributed by atoms with Crippen LogP contribution in [0.5, 0.6) is 0 Å². The minimum absolute atomic E-state index is 0.0364. The van der Waals surface area contributed by atoms with E-state index in [0.717, 1.165) is 20.3 Å². The largest absolute Gasteiger partial charge is 0.504 e. The van der Waals surface area contributed by atoms with Crippen LogP contribution in [0.2, 0.25) is 0 Å². The molecule has 3 aromatic rings. The van der Waals surface area contributed by atoms with Crippen LogP contribution in [0.1, 0.15) is 4.88 Å². The first-order chi connectivity index (χ1) is 12.4. The maximum Gasteiger partial charge on any atom is 0.276 e. The van der Waals surface area contributed by atoms with E-state index >= 15 is 0 Å². The molecule has 0 radical (unpaired) electrons. The van der Waals surface area contributed by atoms with Gasteiger partial charge in [0.05, 0.1) is 4.88 Å². The van der Waals surface area contributed by atoms with E-state index in [2.05, 4.69) is 5.32 Å². The first kappa shape index (κ1) is 16.6. The fourth-order valence-electron chi connectivity index (χ4n) is 2.91. The fourth-order valence-corrected chi connectivity index (χ4v) is 5.93. The average Bonchev–Trinajstić information content (AvgIpc) is 3.02. The molecule has 1 aliphatic heterocycles. The lowest BCUT2D eigenvalue weighted by Gasteiger charge is -2.27. The van der Waals surface area contributed by atoms with Crippen molar-refractivity contribution in [3.8, 4) is 0 Å². The van der Waals surface area contributed by atoms with Crippen molar-refractivity contribution in [2.45, 2.75) is 4.90 Å². The van der Waals surface area contributed by atoms with Crippen molar-refractivity contribution in [2.75, 3.05) is 12.4 Å². The van der Waals surface area contributed by atoms with Gasteiger partial charge in [-0.05, 0) is 18.2 Å². The molecular formula is C18H14N2O4S2. The molecule has 0 bridgehead atoms. The van der Waals surface area contributed by atoms with Gasteiger partial charge in [-0.1, -0.05) is 36.4 Å². The molecule has 1 amide bonds. The van der Waals surface area contributed by atoms with Crippen molar-refractivity contribution in [3.05, 3.63) is 65.2 Å². The van der Waals surface area contributed by atoms with Gasteiger partial charge < -0.3 is 10.4 Å². The Bertz CT molecular complexity index is 1160. The topological polar surface area (TPSA) is 86.7 Å². The summed E-state index contributed by atoms with van der Waals surface area (Å²) in [5.74, 6) is -1.03. The van der Waals surface area contributed by atoms with Crippen LogP contribution in [0.15, 0.2) is 65.2 Å². The Kier molecular flexibility index (Phi) is 3.74. The molecule has 1 aliphatic rings. The molecule has 8 heteroatoms. The second kappa shape index (κ2) is 5.86. The van der Waals surface area contributed by atoms with Crippen molar-refractivity contribution < 1.29 is 18.3 Å². The molecule has 1 aromatic heterocycles. The SMILES string of the molecule is CN1C(C(=O)Nc2ccccc2)=C(O)c2sc3ccccc3c2S1(=O)=O. The van der Waals surface area contributed by atoms with Crippen LogP contribution in [-0.4, -0.2) is 30.8 Å². The first-order valence-electron chi connectivity index (χ1n) is 7.71. The number of carbonyl (C=O) groups excluding carboxylic acids is 1. The van der Waals surface area contributed by atoms with Gasteiger partial charge in [0, 0.05) is 22.8 Å². The maximum absolute atomic E-state index is 13.0. The number of hydrogen-bond donors (Lipinski definition) is 2. The Morgan fingerprint density at radius 1 is 1.08 bits per heavy atom. The Hall–Kier alpha value is -2.84. The standard InChI is InChI=1S/C18H14N2O4S2/c1-20-14(18(22)19-11-7-3-2-4-8-11)15(21)16-17(26(20,23)24)12-9-5-6-10-13(12)25-16/h2-10,21H,1H3,(H,19,22). The zero-order chi connectivity index (χ0) is 18.5. The quantitative estimate of drug-likeness (QED) is 0.707. The molecule has 0 atom stereocenters. The molecular weight excluding hydrogens is 372 g/mol. The van der Waals surface area contributed by atoms with Gasteiger partial charge in [-0.3, -0.25) is 9.10 Å². The van der Waals surface area contributed by atoms with Crippen LogP contribution in [0.3, 0.4) is 0 Å². The summed E-state index contributed by atoms with van der Waals surface area (Å²) in [6.45, 7) is 0. The van der Waals surface area contributed by atoms with Gasteiger partial charge in [0.25, 0.3) is 15.9 Å². The van der Waals surface area contributed by atoms with Gasteiger partial charge in [0.1, 0.15) is 4.90 Å². The number of para-hydroxylation sites is 1. The molecule has 0 saturated carbocycles. The van der Waals surface area contributed by atoms with E-state index in [1.165, 1.54) is 7.05 Å². The number of thiophene rings is 1. The van der Waals surface area contributed by atoms with Gasteiger partial charge in [-0.25, -0.2) is 8.42 Å². The normalized spacial score (nSPS) is 15.8. The lowest BCUT2D eigenvalue weighted by molar-refractivity contribution is -0.113. The Balaban J connectivity index is 1.90. The number of nitrogens with one attached hydrogen (secondary N) is 1. The second-order valence-electron chi connectivity index (χ2n) is 5.75. The molecule has 26 heavy (non-hydrogen) atoms. The van der Waals surface area contributed by atoms with E-state index in [-0.39, 0.29) is 21.2 Å². The third-order valence-electron chi connectivity index (χ3n) is 4.17. The van der Waals surface area contributed by atoms with E-state index in [0.29, 0.717) is 11.1 Å². The highest BCUT2D eigenvalue weighted by Crippen LogP contribution is 2.44. The summed E-state index contributed by atoms with van der Waals surface area (Å²) in [5, 5.41) is 13.8. The van der Waals surface area contributed by atoms with Crippen molar-refractivity contribution in [1.29, 1.82) is 0 Å². The minimum Gasteiger partial charge on any atom is -0.504 e. The summed E-state index contributed by atoms with van der Waals surface area (Å²) in [6.07, 6.45) is 0. The molecule has 2 N–H and O–H groups in total. The van der Waals surface area contributed by atoms with Crippen molar-refractivity contribution in [1.82, 2.24) is 4.31 Å². The highest BCUT2D eigenvalue weighted by atomic mass is 32.2. The van der Waals surface area contributed by atoms with Crippen molar-refractivity contribution >= 4 is 48.8 Å². The smallest absolute Gasteiger partial charge is 0.276 e. The fraction of sp³-hybridized carbons (Fsp3) is 0.0556. The van der Waals surface area contributed by atoms with Crippen LogP contribution in [0, 0.1) is 0 Å². The van der Waals surface area contributed by atoms with E-state index in [4.69, 9.17) is 0 Å². The predicted molar refractivity (Wildman–Crippen MR) is 101 cm³/mol. The summed E-state index contributed by atoms with van der Waals surface area (Å²) < 4.78 is 27.6. The molecule has 6 nitrogen and oxygen atoms in total. The molecule has 0 saturated heterocycles. The number of hydrogen-bond acceptors (Lipinski definition) is 5. The number of fused-ring (bicyclic) bond motifs is 3. The van der Waals surface area contributed by atoms with Crippen molar-refractivity contribution in [3.63, 3.8) is 0 Å². The van der Waals surface area contributed by atoms with E-state index in [9.17, 15) is 18.3 Å². The van der Waals surface area contributed by atoms with E-state index < -0.39 is 15.9 Å². The molecule has 0 fully saturated rings. The third-order valence-corrected chi connectivity index (χ3v) is 7.32. The molecule has 2 heterocycles. The van der Waals surface area contributed by atoms with Crippen LogP contribution in [0.25, 0.3) is 15.8 Å². The van der Waals surface area contributed by atoms with Crippen LogP contribution in [-0.2, 0) is 14.8 Å². The van der Waals surface area contributed by atoms with Gasteiger partial charge in [-0.15, -0.1) is 11.3 Å². The van der Waals surface area contributed by atoms with Gasteiger partial charge >= 0.3 is 0 Å². The molecule has 132 valence electrons. The van der Waals surface area contributed by atoms with Crippen LogP contribution in [0.4, 0.5) is 5.69 Å². The summed E-state index contributed by atoms with van der Waals surface area (Å²) in [6, 6.07) is 15.7. The number of sulfonamides is 1. The molecule has 2 aromatic carbocycles. The predicted octanol–water partition coefficient (Wildman–Crippen LogP) is 3.40. The van der Waals surface area contributed by atoms with Crippen LogP contribution >= 0.6 is 11.3 Å². The number of amides is 1. The Morgan fingerprint density at radius 3 is 2.46 bits per heavy atom. The van der Waals surface area contributed by atoms with E-state index in [1.807, 2.05) is 0 Å². The maximum atomic E-state index is 13.0. The Labute approximate surface area is 154 Å². The number of rotatable bonds is 2. The zero-order valence-electron chi connectivity index (χ0n) is 13.6. The number of carbonyl (C=O) groups is 1. The third kappa shape index (κ3) is 2.38. The van der Waals surface area contributed by atoms with Gasteiger partial charge in [0.2, 0.25) is 0 Å². The number of aliphatic hydroxyl groups excluding tert-OH is 1. The van der Waals surface area contributed by atoms with E-state index in [1.54, 1.807) is 54.6 Å². The molecule has 0 unspecified atom stereocenters. The Morgan fingerprint density at radius 2 is 1.73 bits per heavy atom. The molecule has 0 spiro atoms. The van der Waals surface area contributed by atoms with Gasteiger partial charge in [0.15, 0.2) is 11.5 Å². The lowest BCUT2D eigenvalue weighted by Crippen LogP contribution is -2.36. The average molecular weight is 386 g/mol. The monoisotopic (exact) mass is 386 g/mol.